The highest BCUT2D eigenvalue weighted by Crippen LogP contribution is 2.20. The highest BCUT2D eigenvalue weighted by molar-refractivity contribution is 9.10. The average Bonchev–Trinajstić information content (AvgIpc) is 2.69. The molecule has 7 heteroatoms. The zero-order chi connectivity index (χ0) is 19.9. The molecule has 148 valence electrons. The lowest BCUT2D eigenvalue weighted by atomic mass is 9.96. The van der Waals surface area contributed by atoms with E-state index in [4.69, 9.17) is 0 Å². The Morgan fingerprint density at radius 1 is 1.11 bits per heavy atom. The molecule has 1 heterocycles. The van der Waals surface area contributed by atoms with Crippen LogP contribution in [0.1, 0.15) is 18.4 Å². The molecule has 5 nitrogen and oxygen atoms in total. The number of halogens is 2. The first kappa shape index (κ1) is 20.5. The molecule has 0 unspecified atom stereocenters. The van der Waals surface area contributed by atoms with Crippen LogP contribution in [0.25, 0.3) is 0 Å². The van der Waals surface area contributed by atoms with E-state index < -0.39 is 5.82 Å². The molecule has 1 saturated heterocycles. The van der Waals surface area contributed by atoms with Crippen molar-refractivity contribution < 1.29 is 14.0 Å². The highest BCUT2D eigenvalue weighted by atomic mass is 79.9. The molecule has 2 amide bonds. The van der Waals surface area contributed by atoms with Gasteiger partial charge in [-0.3, -0.25) is 14.5 Å². The van der Waals surface area contributed by atoms with Gasteiger partial charge in [-0.15, -0.1) is 0 Å². The number of rotatable bonds is 6. The summed E-state index contributed by atoms with van der Waals surface area (Å²) in [5.74, 6) is -0.707. The highest BCUT2D eigenvalue weighted by Gasteiger charge is 2.25. The molecule has 2 aromatic carbocycles. The Bertz CT molecular complexity index is 824. The zero-order valence-electron chi connectivity index (χ0n) is 15.5. The predicted molar refractivity (Wildman–Crippen MR) is 110 cm³/mol. The Morgan fingerprint density at radius 2 is 1.82 bits per heavy atom. The van der Waals surface area contributed by atoms with E-state index in [2.05, 4.69) is 26.6 Å². The van der Waals surface area contributed by atoms with Crippen molar-refractivity contribution in [1.29, 1.82) is 0 Å². The third-order valence-electron chi connectivity index (χ3n) is 4.84. The molecule has 0 radical (unpaired) electrons. The van der Waals surface area contributed by atoms with Gasteiger partial charge in [-0.05, 0) is 49.7 Å². The van der Waals surface area contributed by atoms with Crippen molar-refractivity contribution in [2.75, 3.05) is 25.0 Å². The molecule has 2 aromatic rings. The van der Waals surface area contributed by atoms with Gasteiger partial charge in [-0.2, -0.15) is 0 Å². The van der Waals surface area contributed by atoms with Gasteiger partial charge in [0.05, 0.1) is 12.2 Å². The standard InChI is InChI=1S/C21H23BrFN3O2/c22-17-6-7-19(18(23)12-17)25-20(27)14-26-10-8-16(9-11-26)21(28)24-13-15-4-2-1-3-5-15/h1-7,12,16H,8-11,13-14H2,(H,24,28)(H,25,27). The number of carbonyl (C=O) groups excluding carboxylic acids is 2. The van der Waals surface area contributed by atoms with E-state index in [-0.39, 0.29) is 30.0 Å². The first-order valence-electron chi connectivity index (χ1n) is 9.30. The van der Waals surface area contributed by atoms with Crippen molar-refractivity contribution in [3.8, 4) is 0 Å². The summed E-state index contributed by atoms with van der Waals surface area (Å²) in [5, 5.41) is 5.59. The fraction of sp³-hybridized carbons (Fsp3) is 0.333. The van der Waals surface area contributed by atoms with Crippen molar-refractivity contribution in [3.05, 3.63) is 64.4 Å². The van der Waals surface area contributed by atoms with E-state index in [1.807, 2.05) is 35.2 Å². The molecule has 0 spiro atoms. The summed E-state index contributed by atoms with van der Waals surface area (Å²) in [6.07, 6.45) is 1.42. The van der Waals surface area contributed by atoms with Crippen LogP contribution in [0.4, 0.5) is 10.1 Å². The second-order valence-corrected chi connectivity index (χ2v) is 7.84. The Labute approximate surface area is 172 Å². The van der Waals surface area contributed by atoms with Crippen LogP contribution < -0.4 is 10.6 Å². The summed E-state index contributed by atoms with van der Waals surface area (Å²) in [7, 11) is 0. The van der Waals surface area contributed by atoms with Crippen LogP contribution in [0.3, 0.4) is 0 Å². The summed E-state index contributed by atoms with van der Waals surface area (Å²) >= 11 is 3.19. The summed E-state index contributed by atoms with van der Waals surface area (Å²) in [4.78, 5) is 26.5. The number of nitrogens with zero attached hydrogens (tertiary/aromatic N) is 1. The third-order valence-corrected chi connectivity index (χ3v) is 5.33. The van der Waals surface area contributed by atoms with Crippen LogP contribution in [0, 0.1) is 11.7 Å². The molecular formula is C21H23BrFN3O2. The number of nitrogens with one attached hydrogen (secondary N) is 2. The van der Waals surface area contributed by atoms with E-state index >= 15 is 0 Å². The van der Waals surface area contributed by atoms with Crippen LogP contribution in [-0.4, -0.2) is 36.3 Å². The SMILES string of the molecule is O=C(CN1CCC(C(=O)NCc2ccccc2)CC1)Nc1ccc(Br)cc1F. The molecule has 3 rings (SSSR count). The van der Waals surface area contributed by atoms with Crippen molar-refractivity contribution in [2.24, 2.45) is 5.92 Å². The van der Waals surface area contributed by atoms with Gasteiger partial charge in [0.25, 0.3) is 0 Å². The van der Waals surface area contributed by atoms with E-state index in [1.54, 1.807) is 6.07 Å². The number of piperidine rings is 1. The predicted octanol–water partition coefficient (Wildman–Crippen LogP) is 3.56. The third kappa shape index (κ3) is 5.87. The van der Waals surface area contributed by atoms with Crippen LogP contribution in [0.5, 0.6) is 0 Å². The van der Waals surface area contributed by atoms with Gasteiger partial charge in [0.1, 0.15) is 5.82 Å². The Kier molecular flexibility index (Phi) is 7.17. The van der Waals surface area contributed by atoms with Crippen molar-refractivity contribution in [3.63, 3.8) is 0 Å². The fourth-order valence-corrected chi connectivity index (χ4v) is 3.60. The maximum absolute atomic E-state index is 13.8. The molecule has 0 aromatic heterocycles. The molecule has 0 atom stereocenters. The second kappa shape index (κ2) is 9.80. The van der Waals surface area contributed by atoms with Gasteiger partial charge in [0.15, 0.2) is 0 Å². The average molecular weight is 448 g/mol. The smallest absolute Gasteiger partial charge is 0.238 e. The number of hydrogen-bond donors (Lipinski definition) is 2. The first-order valence-corrected chi connectivity index (χ1v) is 10.1. The van der Waals surface area contributed by atoms with Crippen LogP contribution in [0.15, 0.2) is 53.0 Å². The minimum absolute atomic E-state index is 0.0352. The van der Waals surface area contributed by atoms with Crippen molar-refractivity contribution in [1.82, 2.24) is 10.2 Å². The van der Waals surface area contributed by atoms with Crippen LogP contribution in [0.2, 0.25) is 0 Å². The summed E-state index contributed by atoms with van der Waals surface area (Å²) in [6.45, 7) is 2.05. The van der Waals surface area contributed by atoms with Gasteiger partial charge in [-0.1, -0.05) is 46.3 Å². The Balaban J connectivity index is 1.41. The van der Waals surface area contributed by atoms with Gasteiger partial charge in [-0.25, -0.2) is 4.39 Å². The fourth-order valence-electron chi connectivity index (χ4n) is 3.27. The van der Waals surface area contributed by atoms with E-state index in [9.17, 15) is 14.0 Å². The Hall–Kier alpha value is -2.25. The molecule has 0 saturated carbocycles. The summed E-state index contributed by atoms with van der Waals surface area (Å²) < 4.78 is 14.4. The number of likely N-dealkylation sites (tertiary alicyclic amines) is 1. The maximum atomic E-state index is 13.8. The number of anilines is 1. The normalized spacial score (nSPS) is 15.2. The number of carbonyl (C=O) groups is 2. The lowest BCUT2D eigenvalue weighted by Gasteiger charge is -2.30. The van der Waals surface area contributed by atoms with Gasteiger partial charge < -0.3 is 10.6 Å². The Morgan fingerprint density at radius 3 is 2.50 bits per heavy atom. The minimum Gasteiger partial charge on any atom is -0.352 e. The second-order valence-electron chi connectivity index (χ2n) is 6.93. The molecule has 28 heavy (non-hydrogen) atoms. The van der Waals surface area contributed by atoms with Crippen molar-refractivity contribution >= 4 is 33.4 Å². The molecule has 1 fully saturated rings. The molecule has 1 aliphatic rings. The largest absolute Gasteiger partial charge is 0.352 e. The van der Waals surface area contributed by atoms with E-state index in [1.165, 1.54) is 12.1 Å². The lowest BCUT2D eigenvalue weighted by molar-refractivity contribution is -0.126. The minimum atomic E-state index is -0.475. The zero-order valence-corrected chi connectivity index (χ0v) is 17.0. The number of hydrogen-bond acceptors (Lipinski definition) is 3. The lowest BCUT2D eigenvalue weighted by Crippen LogP contribution is -2.43. The molecule has 2 N–H and O–H groups in total. The van der Waals surface area contributed by atoms with Gasteiger partial charge in [0.2, 0.25) is 11.8 Å². The van der Waals surface area contributed by atoms with E-state index in [0.717, 1.165) is 5.56 Å². The van der Waals surface area contributed by atoms with Crippen LogP contribution in [-0.2, 0) is 16.1 Å². The summed E-state index contributed by atoms with van der Waals surface area (Å²) in [6, 6.07) is 14.3. The van der Waals surface area contributed by atoms with Crippen molar-refractivity contribution in [2.45, 2.75) is 19.4 Å². The first-order chi connectivity index (χ1) is 13.5. The molecule has 0 aliphatic carbocycles. The topological polar surface area (TPSA) is 61.4 Å². The number of amides is 2. The summed E-state index contributed by atoms with van der Waals surface area (Å²) in [5.41, 5.74) is 1.24. The molecule has 0 bridgehead atoms. The maximum Gasteiger partial charge on any atom is 0.238 e. The molecule has 1 aliphatic heterocycles. The van der Waals surface area contributed by atoms with Gasteiger partial charge >= 0.3 is 0 Å². The number of benzene rings is 2. The molecular weight excluding hydrogens is 425 g/mol. The monoisotopic (exact) mass is 447 g/mol. The van der Waals surface area contributed by atoms with Crippen LogP contribution >= 0.6 is 15.9 Å². The quantitative estimate of drug-likeness (QED) is 0.711. The van der Waals surface area contributed by atoms with E-state index in [0.29, 0.717) is 36.9 Å². The van der Waals surface area contributed by atoms with Gasteiger partial charge in [0, 0.05) is 16.9 Å².